The van der Waals surface area contributed by atoms with Crippen molar-refractivity contribution in [2.75, 3.05) is 13.1 Å². The molecule has 0 saturated carbocycles. The second-order valence-corrected chi connectivity index (χ2v) is 4.65. The normalized spacial score (nSPS) is 17.9. The summed E-state index contributed by atoms with van der Waals surface area (Å²) < 4.78 is 1.32. The van der Waals surface area contributed by atoms with Crippen LogP contribution in [0.15, 0.2) is 40.9 Å². The fourth-order valence-electron chi connectivity index (χ4n) is 1.74. The molecule has 0 radical (unpaired) electrons. The summed E-state index contributed by atoms with van der Waals surface area (Å²) in [6, 6.07) is 10.6. The molecule has 2 rings (SSSR count). The van der Waals surface area contributed by atoms with Crippen molar-refractivity contribution in [2.24, 2.45) is 0 Å². The van der Waals surface area contributed by atoms with Crippen molar-refractivity contribution in [2.45, 2.75) is 13.0 Å². The number of hydrogen-bond donors (Lipinski definition) is 0. The summed E-state index contributed by atoms with van der Waals surface area (Å²) in [5.41, 5.74) is 1.40. The van der Waals surface area contributed by atoms with E-state index in [1.54, 1.807) is 0 Å². The average molecular weight is 252 g/mol. The van der Waals surface area contributed by atoms with Crippen LogP contribution in [0.25, 0.3) is 0 Å². The predicted octanol–water partition coefficient (Wildman–Crippen LogP) is 3.17. The summed E-state index contributed by atoms with van der Waals surface area (Å²) in [7, 11) is 0. The first-order valence-electron chi connectivity index (χ1n) is 4.95. The van der Waals surface area contributed by atoms with Crippen molar-refractivity contribution in [1.29, 1.82) is 0 Å². The molecule has 1 heterocycles. The summed E-state index contributed by atoms with van der Waals surface area (Å²) in [4.78, 5) is 2.46. The Hall–Kier alpha value is -0.600. The molecule has 1 nitrogen and oxygen atoms in total. The van der Waals surface area contributed by atoms with Gasteiger partial charge in [0.25, 0.3) is 0 Å². The van der Waals surface area contributed by atoms with Gasteiger partial charge in [-0.2, -0.15) is 0 Å². The molecule has 0 bridgehead atoms. The Balaban J connectivity index is 1.96. The molecule has 74 valence electrons. The maximum absolute atomic E-state index is 3.56. The third kappa shape index (κ3) is 2.69. The molecule has 2 heteroatoms. The molecule has 0 unspecified atom stereocenters. The maximum atomic E-state index is 3.56. The number of hydrogen-bond acceptors (Lipinski definition) is 1. The Kier molecular flexibility index (Phi) is 3.38. The van der Waals surface area contributed by atoms with Gasteiger partial charge in [0.05, 0.1) is 0 Å². The van der Waals surface area contributed by atoms with E-state index in [9.17, 15) is 0 Å². The predicted molar refractivity (Wildman–Crippen MR) is 63.3 cm³/mol. The van der Waals surface area contributed by atoms with Crippen LogP contribution in [0.2, 0.25) is 0 Å². The summed E-state index contributed by atoms with van der Waals surface area (Å²) >= 11 is 3.56. The van der Waals surface area contributed by atoms with Gasteiger partial charge in [-0.15, -0.1) is 0 Å². The lowest BCUT2D eigenvalue weighted by atomic mass is 10.2. The highest BCUT2D eigenvalue weighted by atomic mass is 79.9. The van der Waals surface area contributed by atoms with Crippen molar-refractivity contribution in [3.05, 3.63) is 46.5 Å². The highest BCUT2D eigenvalue weighted by Crippen LogP contribution is 2.16. The van der Waals surface area contributed by atoms with E-state index < -0.39 is 0 Å². The molecule has 14 heavy (non-hydrogen) atoms. The van der Waals surface area contributed by atoms with Crippen LogP contribution in [0.5, 0.6) is 0 Å². The van der Waals surface area contributed by atoms with Crippen molar-refractivity contribution in [3.8, 4) is 0 Å². The molecular formula is C12H14BrN. The van der Waals surface area contributed by atoms with Crippen LogP contribution in [-0.2, 0) is 6.54 Å². The van der Waals surface area contributed by atoms with E-state index in [1.807, 2.05) is 0 Å². The smallest absolute Gasteiger partial charge is 0.0300 e. The first-order valence-corrected chi connectivity index (χ1v) is 5.75. The van der Waals surface area contributed by atoms with Gasteiger partial charge in [0.1, 0.15) is 0 Å². The fourth-order valence-corrected chi connectivity index (χ4v) is 2.32. The third-order valence-corrected chi connectivity index (χ3v) is 3.01. The lowest BCUT2D eigenvalue weighted by Gasteiger charge is -2.25. The van der Waals surface area contributed by atoms with E-state index in [2.05, 4.69) is 57.2 Å². The van der Waals surface area contributed by atoms with Gasteiger partial charge in [0.2, 0.25) is 0 Å². The first kappa shape index (κ1) is 9.94. The van der Waals surface area contributed by atoms with Crippen molar-refractivity contribution >= 4 is 15.9 Å². The lowest BCUT2D eigenvalue weighted by Crippen LogP contribution is -2.28. The molecule has 0 spiro atoms. The van der Waals surface area contributed by atoms with E-state index in [0.29, 0.717) is 0 Å². The maximum Gasteiger partial charge on any atom is 0.0300 e. The Bertz CT molecular complexity index is 318. The van der Waals surface area contributed by atoms with Crippen LogP contribution in [-0.4, -0.2) is 18.0 Å². The number of halogens is 1. The molecule has 0 atom stereocenters. The SMILES string of the molecule is BrC1=CCCN(Cc2ccccc2)C1. The minimum atomic E-state index is 1.05. The highest BCUT2D eigenvalue weighted by molar-refractivity contribution is 9.11. The van der Waals surface area contributed by atoms with Gasteiger partial charge in [-0.1, -0.05) is 52.3 Å². The van der Waals surface area contributed by atoms with E-state index in [4.69, 9.17) is 0 Å². The van der Waals surface area contributed by atoms with Gasteiger partial charge in [-0.05, 0) is 12.0 Å². The molecule has 1 aromatic rings. The largest absolute Gasteiger partial charge is 0.294 e. The molecule has 0 fully saturated rings. The first-order chi connectivity index (χ1) is 6.84. The molecule has 1 aliphatic rings. The zero-order valence-corrected chi connectivity index (χ0v) is 9.70. The average Bonchev–Trinajstić information content (AvgIpc) is 2.19. The van der Waals surface area contributed by atoms with Gasteiger partial charge < -0.3 is 0 Å². The molecule has 0 saturated heterocycles. The topological polar surface area (TPSA) is 3.24 Å². The Morgan fingerprint density at radius 2 is 2.00 bits per heavy atom. The second kappa shape index (κ2) is 4.76. The second-order valence-electron chi connectivity index (χ2n) is 3.64. The zero-order valence-electron chi connectivity index (χ0n) is 8.12. The number of benzene rings is 1. The fraction of sp³-hybridized carbons (Fsp3) is 0.333. The molecular weight excluding hydrogens is 238 g/mol. The summed E-state index contributed by atoms with van der Waals surface area (Å²) in [6.45, 7) is 3.28. The van der Waals surface area contributed by atoms with Crippen LogP contribution in [0.4, 0.5) is 0 Å². The Morgan fingerprint density at radius 1 is 1.21 bits per heavy atom. The van der Waals surface area contributed by atoms with Gasteiger partial charge >= 0.3 is 0 Å². The minimum absolute atomic E-state index is 1.05. The van der Waals surface area contributed by atoms with Crippen LogP contribution in [0.1, 0.15) is 12.0 Å². The molecule has 1 aliphatic heterocycles. The van der Waals surface area contributed by atoms with Crippen molar-refractivity contribution in [3.63, 3.8) is 0 Å². The highest BCUT2D eigenvalue weighted by Gasteiger charge is 2.10. The Morgan fingerprint density at radius 3 is 2.71 bits per heavy atom. The summed E-state index contributed by atoms with van der Waals surface area (Å²) in [5, 5.41) is 0. The van der Waals surface area contributed by atoms with E-state index in [1.165, 1.54) is 16.6 Å². The number of rotatable bonds is 2. The van der Waals surface area contributed by atoms with Crippen molar-refractivity contribution < 1.29 is 0 Å². The van der Waals surface area contributed by atoms with E-state index in [-0.39, 0.29) is 0 Å². The number of nitrogens with zero attached hydrogens (tertiary/aromatic N) is 1. The van der Waals surface area contributed by atoms with E-state index >= 15 is 0 Å². The van der Waals surface area contributed by atoms with Crippen molar-refractivity contribution in [1.82, 2.24) is 4.90 Å². The van der Waals surface area contributed by atoms with Gasteiger partial charge in [-0.25, -0.2) is 0 Å². The summed E-state index contributed by atoms with van der Waals surface area (Å²) in [6.07, 6.45) is 3.43. The quantitative estimate of drug-likeness (QED) is 0.781. The van der Waals surface area contributed by atoms with Crippen LogP contribution in [0, 0.1) is 0 Å². The van der Waals surface area contributed by atoms with Crippen LogP contribution < -0.4 is 0 Å². The molecule has 0 aromatic heterocycles. The van der Waals surface area contributed by atoms with Gasteiger partial charge in [-0.3, -0.25) is 4.90 Å². The minimum Gasteiger partial charge on any atom is -0.294 e. The molecule has 0 aliphatic carbocycles. The lowest BCUT2D eigenvalue weighted by molar-refractivity contribution is 0.289. The zero-order chi connectivity index (χ0) is 9.80. The van der Waals surface area contributed by atoms with Crippen LogP contribution in [0.3, 0.4) is 0 Å². The third-order valence-electron chi connectivity index (χ3n) is 2.43. The van der Waals surface area contributed by atoms with Gasteiger partial charge in [0.15, 0.2) is 0 Å². The standard InChI is InChI=1S/C12H14BrN/c13-12-7-4-8-14(10-12)9-11-5-2-1-3-6-11/h1-3,5-7H,4,8-10H2. The summed E-state index contributed by atoms with van der Waals surface area (Å²) in [5.74, 6) is 0. The van der Waals surface area contributed by atoms with E-state index in [0.717, 1.165) is 19.5 Å². The van der Waals surface area contributed by atoms with Gasteiger partial charge in [0, 0.05) is 24.1 Å². The molecule has 1 aromatic carbocycles. The van der Waals surface area contributed by atoms with Crippen LogP contribution >= 0.6 is 15.9 Å². The monoisotopic (exact) mass is 251 g/mol. The molecule has 0 amide bonds. The Labute approximate surface area is 93.6 Å². The molecule has 0 N–H and O–H groups in total.